The number of alkyl halides is 1. The van der Waals surface area contributed by atoms with Crippen LogP contribution in [0.1, 0.15) is 19.3 Å². The van der Waals surface area contributed by atoms with Crippen molar-refractivity contribution >= 4 is 28.6 Å². The van der Waals surface area contributed by atoms with Crippen molar-refractivity contribution in [3.63, 3.8) is 0 Å². The van der Waals surface area contributed by atoms with Gasteiger partial charge in [-0.15, -0.1) is 0 Å². The lowest BCUT2D eigenvalue weighted by molar-refractivity contribution is -0.136. The molecule has 1 aliphatic carbocycles. The van der Waals surface area contributed by atoms with Crippen LogP contribution in [0.25, 0.3) is 0 Å². The third-order valence-electron chi connectivity index (χ3n) is 1.78. The summed E-state index contributed by atoms with van der Waals surface area (Å²) in [5.74, 6) is -0.163. The van der Waals surface area contributed by atoms with E-state index in [4.69, 9.17) is 0 Å². The van der Waals surface area contributed by atoms with E-state index in [-0.39, 0.29) is 5.97 Å². The van der Waals surface area contributed by atoms with E-state index in [0.717, 1.165) is 18.4 Å². The quantitative estimate of drug-likeness (QED) is 0.412. The molecule has 0 aromatic heterocycles. The number of carbonyl (C=O) groups is 1. The van der Waals surface area contributed by atoms with E-state index in [9.17, 15) is 4.79 Å². The molecule has 0 fully saturated rings. The van der Waals surface area contributed by atoms with Crippen molar-refractivity contribution < 1.29 is 9.53 Å². The van der Waals surface area contributed by atoms with Crippen molar-refractivity contribution in [3.05, 3.63) is 11.6 Å². The standard InChI is InChI=1S/C8H11IO2/c1-11-8(10)6-4-2-3-5-7(6)9/h4,7H,2-3,5H2,1H3/t7-/m0/s1. The molecule has 0 aromatic rings. The summed E-state index contributed by atoms with van der Waals surface area (Å²) in [5, 5.41) is 0. The Hall–Kier alpha value is -0.0600. The third-order valence-corrected chi connectivity index (χ3v) is 3.08. The van der Waals surface area contributed by atoms with Gasteiger partial charge in [-0.25, -0.2) is 4.79 Å². The number of allylic oxidation sites excluding steroid dienone is 1. The zero-order valence-corrected chi connectivity index (χ0v) is 8.63. The fourth-order valence-corrected chi connectivity index (χ4v) is 2.12. The lowest BCUT2D eigenvalue weighted by Crippen LogP contribution is -2.16. The lowest BCUT2D eigenvalue weighted by Gasteiger charge is -2.16. The summed E-state index contributed by atoms with van der Waals surface area (Å²) in [6, 6.07) is 0. The Morgan fingerprint density at radius 3 is 3.09 bits per heavy atom. The first-order valence-electron chi connectivity index (χ1n) is 3.68. The Morgan fingerprint density at radius 1 is 1.82 bits per heavy atom. The molecule has 1 atom stereocenters. The van der Waals surface area contributed by atoms with Gasteiger partial charge in [0.15, 0.2) is 0 Å². The smallest absolute Gasteiger partial charge is 0.334 e. The zero-order valence-electron chi connectivity index (χ0n) is 6.47. The maximum atomic E-state index is 11.1. The van der Waals surface area contributed by atoms with Crippen molar-refractivity contribution in [2.45, 2.75) is 23.2 Å². The van der Waals surface area contributed by atoms with Crippen LogP contribution < -0.4 is 0 Å². The Labute approximate surface area is 80.1 Å². The number of hydrogen-bond acceptors (Lipinski definition) is 2. The predicted molar refractivity (Wildman–Crippen MR) is 51.8 cm³/mol. The topological polar surface area (TPSA) is 26.3 Å². The van der Waals surface area contributed by atoms with Gasteiger partial charge in [0.05, 0.1) is 7.11 Å². The minimum atomic E-state index is -0.163. The summed E-state index contributed by atoms with van der Waals surface area (Å²) < 4.78 is 5.00. The molecule has 0 N–H and O–H groups in total. The van der Waals surface area contributed by atoms with E-state index in [1.54, 1.807) is 0 Å². The molecule has 0 aromatic carbocycles. The summed E-state index contributed by atoms with van der Waals surface area (Å²) in [4.78, 5) is 11.1. The van der Waals surface area contributed by atoms with Gasteiger partial charge in [0.2, 0.25) is 0 Å². The molecule has 1 aliphatic rings. The summed E-state index contributed by atoms with van der Waals surface area (Å²) in [5.41, 5.74) is 0.847. The molecule has 1 rings (SSSR count). The molecule has 0 saturated carbocycles. The van der Waals surface area contributed by atoms with E-state index in [0.29, 0.717) is 3.92 Å². The molecule has 0 amide bonds. The average molecular weight is 266 g/mol. The van der Waals surface area contributed by atoms with Crippen LogP contribution in [0.2, 0.25) is 0 Å². The largest absolute Gasteiger partial charge is 0.466 e. The summed E-state index contributed by atoms with van der Waals surface area (Å²) in [6.07, 6.45) is 5.30. The van der Waals surface area contributed by atoms with Crippen molar-refractivity contribution in [3.8, 4) is 0 Å². The number of methoxy groups -OCH3 is 1. The molecule has 0 radical (unpaired) electrons. The molecule has 0 bridgehead atoms. The molecule has 3 heteroatoms. The second kappa shape index (κ2) is 4.09. The third kappa shape index (κ3) is 2.18. The first-order valence-corrected chi connectivity index (χ1v) is 4.92. The number of ether oxygens (including phenoxy) is 1. The highest BCUT2D eigenvalue weighted by molar-refractivity contribution is 14.1. The zero-order chi connectivity index (χ0) is 8.27. The van der Waals surface area contributed by atoms with E-state index < -0.39 is 0 Å². The number of halogens is 1. The Bertz CT molecular complexity index is 187. The van der Waals surface area contributed by atoms with E-state index in [1.807, 2.05) is 6.08 Å². The predicted octanol–water partition coefficient (Wildman–Crippen LogP) is 2.07. The van der Waals surface area contributed by atoms with Crippen LogP contribution in [-0.2, 0) is 9.53 Å². The van der Waals surface area contributed by atoms with Crippen LogP contribution in [-0.4, -0.2) is 17.0 Å². The highest BCUT2D eigenvalue weighted by Crippen LogP contribution is 2.25. The average Bonchev–Trinajstić information content (AvgIpc) is 2.04. The minimum Gasteiger partial charge on any atom is -0.466 e. The van der Waals surface area contributed by atoms with Crippen molar-refractivity contribution in [1.29, 1.82) is 0 Å². The number of rotatable bonds is 1. The van der Waals surface area contributed by atoms with Gasteiger partial charge in [-0.3, -0.25) is 0 Å². The summed E-state index contributed by atoms with van der Waals surface area (Å²) in [7, 11) is 1.43. The maximum absolute atomic E-state index is 11.1. The van der Waals surface area contributed by atoms with Crippen LogP contribution in [0.3, 0.4) is 0 Å². The summed E-state index contributed by atoms with van der Waals surface area (Å²) in [6.45, 7) is 0. The normalized spacial score (nSPS) is 24.2. The molecule has 0 spiro atoms. The van der Waals surface area contributed by atoms with Crippen LogP contribution in [0.5, 0.6) is 0 Å². The van der Waals surface area contributed by atoms with Crippen LogP contribution in [0.4, 0.5) is 0 Å². The Kier molecular flexibility index (Phi) is 3.36. The van der Waals surface area contributed by atoms with Gasteiger partial charge in [-0.2, -0.15) is 0 Å². The first kappa shape index (κ1) is 9.03. The summed E-state index contributed by atoms with van der Waals surface area (Å²) >= 11 is 2.29. The number of hydrogen-bond donors (Lipinski definition) is 0. The van der Waals surface area contributed by atoms with Crippen molar-refractivity contribution in [2.24, 2.45) is 0 Å². The first-order chi connectivity index (χ1) is 5.25. The molecular formula is C8H11IO2. The second-order valence-corrected chi connectivity index (χ2v) is 4.05. The van der Waals surface area contributed by atoms with Gasteiger partial charge < -0.3 is 4.74 Å². The molecule has 0 saturated heterocycles. The molecule has 2 nitrogen and oxygen atoms in total. The Morgan fingerprint density at radius 2 is 2.55 bits per heavy atom. The molecule has 0 heterocycles. The van der Waals surface area contributed by atoms with Gasteiger partial charge in [0.1, 0.15) is 0 Å². The van der Waals surface area contributed by atoms with Crippen LogP contribution in [0, 0.1) is 0 Å². The van der Waals surface area contributed by atoms with Gasteiger partial charge in [-0.05, 0) is 19.3 Å². The van der Waals surface area contributed by atoms with E-state index in [2.05, 4.69) is 27.3 Å². The molecule has 62 valence electrons. The monoisotopic (exact) mass is 266 g/mol. The SMILES string of the molecule is COC(=O)C1=CCCC[C@@H]1I. The van der Waals surface area contributed by atoms with Gasteiger partial charge >= 0.3 is 5.97 Å². The van der Waals surface area contributed by atoms with Crippen LogP contribution >= 0.6 is 22.6 Å². The number of esters is 1. The number of carbonyl (C=O) groups excluding carboxylic acids is 1. The maximum Gasteiger partial charge on any atom is 0.334 e. The van der Waals surface area contributed by atoms with Gasteiger partial charge in [-0.1, -0.05) is 28.7 Å². The fourth-order valence-electron chi connectivity index (χ4n) is 1.17. The molecule has 0 aliphatic heterocycles. The molecular weight excluding hydrogens is 255 g/mol. The fraction of sp³-hybridized carbons (Fsp3) is 0.625. The highest BCUT2D eigenvalue weighted by Gasteiger charge is 2.20. The Balaban J connectivity index is 2.67. The van der Waals surface area contributed by atoms with Crippen molar-refractivity contribution in [2.75, 3.05) is 7.11 Å². The van der Waals surface area contributed by atoms with Gasteiger partial charge in [0.25, 0.3) is 0 Å². The minimum absolute atomic E-state index is 0.163. The van der Waals surface area contributed by atoms with Crippen LogP contribution in [0.15, 0.2) is 11.6 Å². The lowest BCUT2D eigenvalue weighted by atomic mass is 10.00. The van der Waals surface area contributed by atoms with Crippen molar-refractivity contribution in [1.82, 2.24) is 0 Å². The molecule has 0 unspecified atom stereocenters. The van der Waals surface area contributed by atoms with E-state index >= 15 is 0 Å². The molecule has 11 heavy (non-hydrogen) atoms. The second-order valence-electron chi connectivity index (χ2n) is 2.55. The van der Waals surface area contributed by atoms with Gasteiger partial charge in [0, 0.05) is 9.50 Å². The van der Waals surface area contributed by atoms with E-state index in [1.165, 1.54) is 13.5 Å². The highest BCUT2D eigenvalue weighted by atomic mass is 127.